The van der Waals surface area contributed by atoms with Crippen molar-refractivity contribution in [2.75, 3.05) is 6.54 Å². The Hall–Kier alpha value is 0.1000. The third kappa shape index (κ3) is 4.17. The third-order valence-electron chi connectivity index (χ3n) is 2.86. The van der Waals surface area contributed by atoms with Crippen LogP contribution in [0.15, 0.2) is 9.85 Å². The fourth-order valence-electron chi connectivity index (χ4n) is 1.43. The van der Waals surface area contributed by atoms with Gasteiger partial charge < -0.3 is 10.4 Å². The number of aryl methyl sites for hydroxylation is 1. The lowest BCUT2D eigenvalue weighted by Gasteiger charge is -2.17. The smallest absolute Gasteiger partial charge is 0.0730 e. The average Bonchev–Trinajstić information content (AvgIpc) is 2.57. The molecule has 0 amide bonds. The second kappa shape index (κ2) is 6.74. The second-order valence-electron chi connectivity index (χ2n) is 4.25. The van der Waals surface area contributed by atoms with E-state index < -0.39 is 0 Å². The van der Waals surface area contributed by atoms with E-state index in [4.69, 9.17) is 0 Å². The molecule has 2 atom stereocenters. The number of halogens is 1. The normalized spacial score (nSPS) is 15.1. The van der Waals surface area contributed by atoms with E-state index in [0.717, 1.165) is 13.0 Å². The van der Waals surface area contributed by atoms with E-state index in [-0.39, 0.29) is 6.10 Å². The van der Waals surface area contributed by atoms with Crippen LogP contribution in [0.4, 0.5) is 0 Å². The first-order valence-electron chi connectivity index (χ1n) is 5.68. The molecular weight excluding hydrogens is 286 g/mol. The zero-order chi connectivity index (χ0) is 12.1. The molecule has 0 fully saturated rings. The van der Waals surface area contributed by atoms with Crippen LogP contribution >= 0.6 is 27.3 Å². The zero-order valence-corrected chi connectivity index (χ0v) is 12.5. The first-order chi connectivity index (χ1) is 7.54. The number of rotatable bonds is 6. The van der Waals surface area contributed by atoms with Gasteiger partial charge >= 0.3 is 0 Å². The maximum Gasteiger partial charge on any atom is 0.0730 e. The highest BCUT2D eigenvalue weighted by atomic mass is 79.9. The van der Waals surface area contributed by atoms with Crippen LogP contribution < -0.4 is 5.32 Å². The van der Waals surface area contributed by atoms with Gasteiger partial charge in [-0.25, -0.2) is 0 Å². The van der Waals surface area contributed by atoms with Gasteiger partial charge in [0.2, 0.25) is 0 Å². The summed E-state index contributed by atoms with van der Waals surface area (Å²) >= 11 is 5.27. The van der Waals surface area contributed by atoms with E-state index in [2.05, 4.69) is 48.1 Å². The molecule has 2 nitrogen and oxygen atoms in total. The lowest BCUT2D eigenvalue weighted by Crippen LogP contribution is -2.30. The summed E-state index contributed by atoms with van der Waals surface area (Å²) in [7, 11) is 0. The molecule has 2 unspecified atom stereocenters. The maximum absolute atomic E-state index is 9.79. The topological polar surface area (TPSA) is 32.3 Å². The fourth-order valence-corrected chi connectivity index (χ4v) is 3.03. The van der Waals surface area contributed by atoms with Crippen molar-refractivity contribution in [2.24, 2.45) is 5.92 Å². The molecular formula is C12H20BrNOS. The van der Waals surface area contributed by atoms with E-state index in [9.17, 15) is 5.11 Å². The summed E-state index contributed by atoms with van der Waals surface area (Å²) in [4.78, 5) is 1.31. The van der Waals surface area contributed by atoms with Crippen LogP contribution in [0.5, 0.6) is 0 Å². The minimum Gasteiger partial charge on any atom is -0.392 e. The Labute approximate surface area is 110 Å². The van der Waals surface area contributed by atoms with Gasteiger partial charge in [0.15, 0.2) is 0 Å². The number of hydrogen-bond donors (Lipinski definition) is 2. The summed E-state index contributed by atoms with van der Waals surface area (Å²) in [5.41, 5.74) is 1.28. The largest absolute Gasteiger partial charge is 0.392 e. The summed E-state index contributed by atoms with van der Waals surface area (Å²) in [6, 6.07) is 2.18. The van der Waals surface area contributed by atoms with Gasteiger partial charge in [-0.1, -0.05) is 20.3 Å². The van der Waals surface area contributed by atoms with E-state index in [1.165, 1.54) is 14.2 Å². The number of thiophene rings is 1. The molecule has 4 heteroatoms. The van der Waals surface area contributed by atoms with Crippen LogP contribution in [0, 0.1) is 12.8 Å². The highest BCUT2D eigenvalue weighted by molar-refractivity contribution is 9.11. The van der Waals surface area contributed by atoms with Crippen molar-refractivity contribution in [3.05, 3.63) is 20.3 Å². The average molecular weight is 306 g/mol. The van der Waals surface area contributed by atoms with Gasteiger partial charge in [0.25, 0.3) is 0 Å². The summed E-state index contributed by atoms with van der Waals surface area (Å²) < 4.78 is 1.20. The van der Waals surface area contributed by atoms with Crippen LogP contribution in [0.3, 0.4) is 0 Å². The van der Waals surface area contributed by atoms with Gasteiger partial charge in [-0.05, 0) is 40.4 Å². The molecule has 1 aromatic heterocycles. The molecule has 0 bridgehead atoms. The Kier molecular flexibility index (Phi) is 5.97. The van der Waals surface area contributed by atoms with Crippen LogP contribution in [-0.4, -0.2) is 17.8 Å². The zero-order valence-electron chi connectivity index (χ0n) is 10.1. The van der Waals surface area contributed by atoms with Gasteiger partial charge in [0.05, 0.1) is 9.89 Å². The Balaban J connectivity index is 2.30. The SMILES string of the molecule is CCC(C)C(O)CNCc1cc(C)c(Br)s1. The monoisotopic (exact) mass is 305 g/mol. The molecule has 1 rings (SSSR count). The quantitative estimate of drug-likeness (QED) is 0.845. The Bertz CT molecular complexity index is 307. The minimum atomic E-state index is -0.241. The summed E-state index contributed by atoms with van der Waals surface area (Å²) in [6.45, 7) is 7.79. The fraction of sp³-hybridized carbons (Fsp3) is 0.667. The summed E-state index contributed by atoms with van der Waals surface area (Å²) in [5, 5.41) is 13.1. The minimum absolute atomic E-state index is 0.241. The molecule has 0 spiro atoms. The lowest BCUT2D eigenvalue weighted by atomic mass is 10.0. The molecule has 16 heavy (non-hydrogen) atoms. The summed E-state index contributed by atoms with van der Waals surface area (Å²) in [5.74, 6) is 0.365. The lowest BCUT2D eigenvalue weighted by molar-refractivity contribution is 0.113. The van der Waals surface area contributed by atoms with Gasteiger partial charge in [-0.3, -0.25) is 0 Å². The molecule has 1 aromatic rings. The Morgan fingerprint density at radius 2 is 2.25 bits per heavy atom. The van der Waals surface area contributed by atoms with Crippen molar-refractivity contribution < 1.29 is 5.11 Å². The first kappa shape index (κ1) is 14.2. The highest BCUT2D eigenvalue weighted by Gasteiger charge is 2.11. The number of hydrogen-bond acceptors (Lipinski definition) is 3. The predicted molar refractivity (Wildman–Crippen MR) is 73.9 cm³/mol. The molecule has 0 aliphatic carbocycles. The molecule has 1 heterocycles. The van der Waals surface area contributed by atoms with Gasteiger partial charge in [0.1, 0.15) is 0 Å². The van der Waals surface area contributed by atoms with Crippen LogP contribution in [0.1, 0.15) is 30.7 Å². The summed E-state index contributed by atoms with van der Waals surface area (Å²) in [6.07, 6.45) is 0.779. The van der Waals surface area contributed by atoms with Crippen LogP contribution in [0.2, 0.25) is 0 Å². The molecule has 0 aliphatic heterocycles. The van der Waals surface area contributed by atoms with Crippen molar-refractivity contribution in [3.63, 3.8) is 0 Å². The van der Waals surface area contributed by atoms with Gasteiger partial charge in [0, 0.05) is 18.0 Å². The van der Waals surface area contributed by atoms with Crippen LogP contribution in [-0.2, 0) is 6.54 Å². The number of aliphatic hydroxyl groups excluding tert-OH is 1. The van der Waals surface area contributed by atoms with Crippen LogP contribution in [0.25, 0.3) is 0 Å². The van der Waals surface area contributed by atoms with Gasteiger partial charge in [-0.15, -0.1) is 11.3 Å². The van der Waals surface area contributed by atoms with Crippen molar-refractivity contribution in [2.45, 2.75) is 39.8 Å². The molecule has 0 saturated heterocycles. The van der Waals surface area contributed by atoms with Crippen molar-refractivity contribution >= 4 is 27.3 Å². The second-order valence-corrected chi connectivity index (χ2v) is 6.71. The molecule has 92 valence electrons. The van der Waals surface area contributed by atoms with E-state index in [1.54, 1.807) is 11.3 Å². The third-order valence-corrected chi connectivity index (χ3v) is 5.00. The molecule has 0 aliphatic rings. The van der Waals surface area contributed by atoms with Gasteiger partial charge in [-0.2, -0.15) is 0 Å². The van der Waals surface area contributed by atoms with Crippen molar-refractivity contribution in [3.8, 4) is 0 Å². The van der Waals surface area contributed by atoms with E-state index in [0.29, 0.717) is 12.5 Å². The number of aliphatic hydroxyl groups is 1. The number of nitrogens with one attached hydrogen (secondary N) is 1. The maximum atomic E-state index is 9.79. The van der Waals surface area contributed by atoms with E-state index in [1.807, 2.05) is 0 Å². The Morgan fingerprint density at radius 3 is 2.75 bits per heavy atom. The predicted octanol–water partition coefficient (Wildman–Crippen LogP) is 3.32. The molecule has 0 aromatic carbocycles. The van der Waals surface area contributed by atoms with E-state index >= 15 is 0 Å². The first-order valence-corrected chi connectivity index (χ1v) is 7.29. The molecule has 0 radical (unpaired) electrons. The standard InChI is InChI=1S/C12H20BrNOS/c1-4-8(2)11(15)7-14-6-10-5-9(3)12(13)16-10/h5,8,11,14-15H,4,6-7H2,1-3H3. The van der Waals surface area contributed by atoms with Crippen molar-refractivity contribution in [1.29, 1.82) is 0 Å². The van der Waals surface area contributed by atoms with Crippen molar-refractivity contribution in [1.82, 2.24) is 5.32 Å². The molecule has 2 N–H and O–H groups in total. The highest BCUT2D eigenvalue weighted by Crippen LogP contribution is 2.27. The Morgan fingerprint density at radius 1 is 1.56 bits per heavy atom. The molecule has 0 saturated carbocycles.